The van der Waals surface area contributed by atoms with E-state index in [2.05, 4.69) is 38.7 Å². The molecule has 0 amide bonds. The van der Waals surface area contributed by atoms with E-state index in [4.69, 9.17) is 10.00 Å². The van der Waals surface area contributed by atoms with Crippen LogP contribution in [0.25, 0.3) is 0 Å². The zero-order valence-corrected chi connectivity index (χ0v) is 17.3. The molecule has 1 fully saturated rings. The van der Waals surface area contributed by atoms with Crippen molar-refractivity contribution < 1.29 is 9.13 Å². The number of nitriles is 1. The molecular weight excluding hydrogens is 381 g/mol. The molecule has 6 nitrogen and oxygen atoms in total. The van der Waals surface area contributed by atoms with Gasteiger partial charge in [0.1, 0.15) is 5.82 Å². The fourth-order valence-electron chi connectivity index (χ4n) is 3.33. The Labute approximate surface area is 177 Å². The van der Waals surface area contributed by atoms with Gasteiger partial charge >= 0.3 is 0 Å². The number of nitrogens with zero attached hydrogens (tertiary/aromatic N) is 3. The molecule has 2 aromatic carbocycles. The summed E-state index contributed by atoms with van der Waals surface area (Å²) in [6, 6.07) is 14.7. The third-order valence-electron chi connectivity index (χ3n) is 4.99. The first-order valence-electron chi connectivity index (χ1n) is 10.3. The molecule has 0 spiro atoms. The van der Waals surface area contributed by atoms with Crippen LogP contribution in [0.15, 0.2) is 47.5 Å². The predicted molar refractivity (Wildman–Crippen MR) is 115 cm³/mol. The van der Waals surface area contributed by atoms with Crippen molar-refractivity contribution in [3.05, 3.63) is 70.5 Å². The molecule has 0 radical (unpaired) electrons. The zero-order valence-electron chi connectivity index (χ0n) is 17.3. The third-order valence-corrected chi connectivity index (χ3v) is 4.99. The molecule has 1 aliphatic heterocycles. The quantitative estimate of drug-likeness (QED) is 0.544. The molecule has 1 saturated heterocycles. The minimum atomic E-state index is -0.357. The fraction of sp³-hybridized carbons (Fsp3) is 0.391. The number of ether oxygens (including phenoxy) is 1. The number of hydrogen-bond donors (Lipinski definition) is 2. The Morgan fingerprint density at radius 1 is 1.13 bits per heavy atom. The Bertz CT molecular complexity index is 903. The number of guanidine groups is 1. The maximum Gasteiger partial charge on any atom is 0.191 e. The summed E-state index contributed by atoms with van der Waals surface area (Å²) in [6.07, 6.45) is 0. The fourth-order valence-corrected chi connectivity index (χ4v) is 3.33. The topological polar surface area (TPSA) is 72.7 Å². The van der Waals surface area contributed by atoms with E-state index < -0.39 is 0 Å². The second-order valence-electron chi connectivity index (χ2n) is 7.12. The SMILES string of the molecule is CCNC(=NCc1cc(C#N)ccc1F)NCc1ccccc1CN1CCOCC1. The molecule has 1 heterocycles. The van der Waals surface area contributed by atoms with Gasteiger partial charge in [0, 0.05) is 38.3 Å². The van der Waals surface area contributed by atoms with Gasteiger partial charge in [-0.1, -0.05) is 24.3 Å². The normalized spacial score (nSPS) is 14.9. The van der Waals surface area contributed by atoms with Crippen molar-refractivity contribution in [2.45, 2.75) is 26.6 Å². The summed E-state index contributed by atoms with van der Waals surface area (Å²) in [7, 11) is 0. The molecule has 0 unspecified atom stereocenters. The first-order valence-corrected chi connectivity index (χ1v) is 10.3. The molecule has 7 heteroatoms. The Hall–Kier alpha value is -2.95. The van der Waals surface area contributed by atoms with Crippen LogP contribution in [0.2, 0.25) is 0 Å². The monoisotopic (exact) mass is 409 g/mol. The van der Waals surface area contributed by atoms with Crippen molar-refractivity contribution >= 4 is 5.96 Å². The minimum Gasteiger partial charge on any atom is -0.379 e. The first-order chi connectivity index (χ1) is 14.7. The molecule has 1 aliphatic rings. The smallest absolute Gasteiger partial charge is 0.191 e. The van der Waals surface area contributed by atoms with E-state index in [1.807, 2.05) is 19.1 Å². The van der Waals surface area contributed by atoms with Crippen LogP contribution < -0.4 is 10.6 Å². The van der Waals surface area contributed by atoms with Gasteiger partial charge < -0.3 is 15.4 Å². The summed E-state index contributed by atoms with van der Waals surface area (Å²) in [5.41, 5.74) is 3.30. The summed E-state index contributed by atoms with van der Waals surface area (Å²) in [5.74, 6) is 0.255. The average Bonchev–Trinajstić information content (AvgIpc) is 2.78. The second-order valence-corrected chi connectivity index (χ2v) is 7.12. The van der Waals surface area contributed by atoms with Crippen LogP contribution in [0.4, 0.5) is 4.39 Å². The van der Waals surface area contributed by atoms with E-state index in [0.29, 0.717) is 30.2 Å². The van der Waals surface area contributed by atoms with Crippen molar-refractivity contribution in [1.82, 2.24) is 15.5 Å². The van der Waals surface area contributed by atoms with Gasteiger partial charge in [-0.15, -0.1) is 0 Å². The zero-order chi connectivity index (χ0) is 21.2. The third kappa shape index (κ3) is 6.28. The number of aliphatic imine (C=N–C) groups is 1. The Morgan fingerprint density at radius 3 is 2.63 bits per heavy atom. The average molecular weight is 410 g/mol. The van der Waals surface area contributed by atoms with Gasteiger partial charge in [-0.25, -0.2) is 9.38 Å². The van der Waals surface area contributed by atoms with Crippen LogP contribution in [0.3, 0.4) is 0 Å². The van der Waals surface area contributed by atoms with E-state index in [-0.39, 0.29) is 12.4 Å². The lowest BCUT2D eigenvalue weighted by atomic mass is 10.1. The number of benzene rings is 2. The number of hydrogen-bond acceptors (Lipinski definition) is 4. The summed E-state index contributed by atoms with van der Waals surface area (Å²) in [5, 5.41) is 15.6. The largest absolute Gasteiger partial charge is 0.379 e. The van der Waals surface area contributed by atoms with Crippen molar-refractivity contribution in [2.24, 2.45) is 4.99 Å². The maximum absolute atomic E-state index is 14.0. The standard InChI is InChI=1S/C23H28FN5O/c1-2-26-23(28-16-21-13-18(14-25)7-8-22(21)24)27-15-19-5-3-4-6-20(19)17-29-9-11-30-12-10-29/h3-8,13H,2,9-12,15-17H2,1H3,(H2,26,27,28). The lowest BCUT2D eigenvalue weighted by molar-refractivity contribution is 0.0341. The van der Waals surface area contributed by atoms with Crippen molar-refractivity contribution in [3.8, 4) is 6.07 Å². The highest BCUT2D eigenvalue weighted by atomic mass is 19.1. The second kappa shape index (κ2) is 11.3. The number of rotatable bonds is 7. The van der Waals surface area contributed by atoms with Crippen LogP contribution in [-0.2, 0) is 24.4 Å². The lowest BCUT2D eigenvalue weighted by Gasteiger charge is -2.27. The molecule has 0 saturated carbocycles. The lowest BCUT2D eigenvalue weighted by Crippen LogP contribution is -2.38. The van der Waals surface area contributed by atoms with Gasteiger partial charge in [-0.05, 0) is 36.2 Å². The number of morpholine rings is 1. The summed E-state index contributed by atoms with van der Waals surface area (Å²) in [6.45, 7) is 7.80. The summed E-state index contributed by atoms with van der Waals surface area (Å²) in [4.78, 5) is 6.89. The van der Waals surface area contributed by atoms with Crippen LogP contribution in [0.1, 0.15) is 29.2 Å². The molecule has 2 N–H and O–H groups in total. The van der Waals surface area contributed by atoms with Crippen LogP contribution in [-0.4, -0.2) is 43.7 Å². The van der Waals surface area contributed by atoms with Gasteiger partial charge in [0.05, 0.1) is 31.4 Å². The van der Waals surface area contributed by atoms with Gasteiger partial charge in [0.25, 0.3) is 0 Å². The van der Waals surface area contributed by atoms with Crippen LogP contribution in [0.5, 0.6) is 0 Å². The molecule has 30 heavy (non-hydrogen) atoms. The van der Waals surface area contributed by atoms with Crippen molar-refractivity contribution in [3.63, 3.8) is 0 Å². The summed E-state index contributed by atoms with van der Waals surface area (Å²) >= 11 is 0. The Balaban J connectivity index is 1.66. The number of nitrogens with one attached hydrogen (secondary N) is 2. The van der Waals surface area contributed by atoms with Crippen LogP contribution in [0, 0.1) is 17.1 Å². The van der Waals surface area contributed by atoms with Crippen LogP contribution >= 0.6 is 0 Å². The van der Waals surface area contributed by atoms with E-state index in [1.165, 1.54) is 23.3 Å². The highest BCUT2D eigenvalue weighted by Gasteiger charge is 2.13. The van der Waals surface area contributed by atoms with Gasteiger partial charge in [-0.2, -0.15) is 5.26 Å². The van der Waals surface area contributed by atoms with E-state index >= 15 is 0 Å². The maximum atomic E-state index is 14.0. The van der Waals surface area contributed by atoms with E-state index in [1.54, 1.807) is 6.07 Å². The molecule has 0 atom stereocenters. The first kappa shape index (κ1) is 21.8. The Kier molecular flexibility index (Phi) is 8.19. The van der Waals surface area contributed by atoms with Crippen molar-refractivity contribution in [1.29, 1.82) is 5.26 Å². The van der Waals surface area contributed by atoms with Crippen molar-refractivity contribution in [2.75, 3.05) is 32.8 Å². The highest BCUT2D eigenvalue weighted by Crippen LogP contribution is 2.14. The van der Waals surface area contributed by atoms with E-state index in [9.17, 15) is 4.39 Å². The van der Waals surface area contributed by atoms with E-state index in [0.717, 1.165) is 32.8 Å². The number of halogens is 1. The molecular formula is C23H28FN5O. The molecule has 0 bridgehead atoms. The molecule has 0 aliphatic carbocycles. The van der Waals surface area contributed by atoms with Gasteiger partial charge in [-0.3, -0.25) is 4.90 Å². The molecule has 158 valence electrons. The minimum absolute atomic E-state index is 0.159. The highest BCUT2D eigenvalue weighted by molar-refractivity contribution is 5.79. The molecule has 3 rings (SSSR count). The summed E-state index contributed by atoms with van der Waals surface area (Å²) < 4.78 is 19.5. The van der Waals surface area contributed by atoms with Gasteiger partial charge in [0.15, 0.2) is 5.96 Å². The molecule has 0 aromatic heterocycles. The van der Waals surface area contributed by atoms with Gasteiger partial charge in [0.2, 0.25) is 0 Å². The molecule has 2 aromatic rings. The Morgan fingerprint density at radius 2 is 1.90 bits per heavy atom. The predicted octanol–water partition coefficient (Wildman–Crippen LogP) is 2.78.